The van der Waals surface area contributed by atoms with E-state index in [4.69, 9.17) is 15.2 Å². The van der Waals surface area contributed by atoms with Crippen molar-refractivity contribution in [2.45, 2.75) is 46.7 Å². The van der Waals surface area contributed by atoms with E-state index < -0.39 is 0 Å². The average Bonchev–Trinajstić information content (AvgIpc) is 3.39. The van der Waals surface area contributed by atoms with E-state index in [0.717, 1.165) is 40.6 Å². The zero-order valence-electron chi connectivity index (χ0n) is 15.9. The van der Waals surface area contributed by atoms with Crippen LogP contribution in [0.2, 0.25) is 0 Å². The molecule has 0 spiro atoms. The fourth-order valence-electron chi connectivity index (χ4n) is 3.15. The molecule has 140 valence electrons. The van der Waals surface area contributed by atoms with E-state index in [9.17, 15) is 0 Å². The maximum atomic E-state index is 4.79. The zero-order chi connectivity index (χ0) is 19.0. The molecule has 9 heteroatoms. The van der Waals surface area contributed by atoms with Gasteiger partial charge in [-0.05, 0) is 33.8 Å². The third-order valence-electron chi connectivity index (χ3n) is 4.53. The molecule has 2 N–H and O–H groups in total. The van der Waals surface area contributed by atoms with Crippen LogP contribution in [0, 0.1) is 13.8 Å². The van der Waals surface area contributed by atoms with E-state index in [1.807, 2.05) is 22.5 Å². The van der Waals surface area contributed by atoms with E-state index in [2.05, 4.69) is 47.0 Å². The Morgan fingerprint density at radius 2 is 2.00 bits per heavy atom. The van der Waals surface area contributed by atoms with Crippen LogP contribution >= 0.6 is 0 Å². The summed E-state index contributed by atoms with van der Waals surface area (Å²) in [5, 5.41) is 16.5. The quantitative estimate of drug-likeness (QED) is 0.546. The summed E-state index contributed by atoms with van der Waals surface area (Å²) in [6.45, 7) is 8.93. The van der Waals surface area contributed by atoms with Crippen molar-refractivity contribution in [1.82, 2.24) is 44.7 Å². The van der Waals surface area contributed by atoms with Crippen molar-refractivity contribution in [2.24, 2.45) is 0 Å². The van der Waals surface area contributed by atoms with Gasteiger partial charge in [0, 0.05) is 42.3 Å². The summed E-state index contributed by atoms with van der Waals surface area (Å²) in [6, 6.07) is 2.35. The summed E-state index contributed by atoms with van der Waals surface area (Å²) >= 11 is 0. The van der Waals surface area contributed by atoms with Crippen molar-refractivity contribution >= 4 is 0 Å². The molecule has 0 aromatic carbocycles. The number of aromatic amines is 2. The molecule has 0 radical (unpaired) electrons. The highest BCUT2D eigenvalue weighted by Crippen LogP contribution is 2.24. The second-order valence-corrected chi connectivity index (χ2v) is 6.93. The van der Waals surface area contributed by atoms with Crippen molar-refractivity contribution in [3.8, 4) is 22.9 Å². The predicted octanol–water partition coefficient (Wildman–Crippen LogP) is 2.70. The third-order valence-corrected chi connectivity index (χ3v) is 4.53. The SMILES string of the molecule is Cc1[nH]ncc1-c1nc(-c2cc(C)n(C(C)C)n2)n(CCc2cnc[nH]2)n1. The van der Waals surface area contributed by atoms with Gasteiger partial charge in [-0.25, -0.2) is 14.6 Å². The van der Waals surface area contributed by atoms with Gasteiger partial charge in [-0.15, -0.1) is 0 Å². The van der Waals surface area contributed by atoms with Crippen LogP contribution in [0.3, 0.4) is 0 Å². The second kappa shape index (κ2) is 6.82. The molecule has 0 atom stereocenters. The largest absolute Gasteiger partial charge is 0.348 e. The average molecular weight is 365 g/mol. The first-order valence-corrected chi connectivity index (χ1v) is 9.02. The molecule has 4 aromatic heterocycles. The Balaban J connectivity index is 1.74. The molecule has 0 aliphatic rings. The van der Waals surface area contributed by atoms with Crippen molar-refractivity contribution in [3.63, 3.8) is 0 Å². The third kappa shape index (κ3) is 3.27. The maximum Gasteiger partial charge on any atom is 0.185 e. The van der Waals surface area contributed by atoms with Gasteiger partial charge in [-0.2, -0.15) is 15.3 Å². The van der Waals surface area contributed by atoms with Gasteiger partial charge in [-0.3, -0.25) is 9.78 Å². The van der Waals surface area contributed by atoms with Crippen molar-refractivity contribution < 1.29 is 0 Å². The highest BCUT2D eigenvalue weighted by Gasteiger charge is 2.19. The maximum absolute atomic E-state index is 4.79. The Hall–Kier alpha value is -3.23. The molecule has 0 unspecified atom stereocenters. The standard InChI is InChI=1S/C18H23N9/c1-11(2)27-12(3)7-16(24-27)18-22-17(15-9-21-23-13(15)4)25-26(18)6-5-14-8-19-10-20-14/h7-11H,5-6H2,1-4H3,(H,19,20)(H,21,23). The van der Waals surface area contributed by atoms with Crippen LogP contribution in [0.5, 0.6) is 0 Å². The first kappa shape index (κ1) is 17.2. The molecule has 0 saturated heterocycles. The van der Waals surface area contributed by atoms with Crippen molar-refractivity contribution in [2.75, 3.05) is 0 Å². The molecule has 4 aromatic rings. The number of hydrogen-bond acceptors (Lipinski definition) is 5. The Kier molecular flexibility index (Phi) is 4.35. The molecular weight excluding hydrogens is 342 g/mol. The number of rotatable bonds is 6. The van der Waals surface area contributed by atoms with Gasteiger partial charge in [0.1, 0.15) is 5.69 Å². The minimum atomic E-state index is 0.288. The van der Waals surface area contributed by atoms with Crippen LogP contribution in [0.15, 0.2) is 24.8 Å². The summed E-state index contributed by atoms with van der Waals surface area (Å²) in [6.07, 6.45) is 6.05. The van der Waals surface area contributed by atoms with Gasteiger partial charge in [0.25, 0.3) is 0 Å². The van der Waals surface area contributed by atoms with E-state index in [-0.39, 0.29) is 6.04 Å². The molecule has 0 amide bonds. The van der Waals surface area contributed by atoms with Crippen LogP contribution in [-0.4, -0.2) is 44.7 Å². The van der Waals surface area contributed by atoms with Gasteiger partial charge in [0.2, 0.25) is 0 Å². The Bertz CT molecular complexity index is 1030. The molecule has 0 aliphatic carbocycles. The number of aromatic nitrogens is 9. The van der Waals surface area contributed by atoms with E-state index in [0.29, 0.717) is 12.4 Å². The Morgan fingerprint density at radius 1 is 1.15 bits per heavy atom. The highest BCUT2D eigenvalue weighted by molar-refractivity contribution is 5.60. The minimum absolute atomic E-state index is 0.288. The van der Waals surface area contributed by atoms with Gasteiger partial charge in [0.15, 0.2) is 11.6 Å². The lowest BCUT2D eigenvalue weighted by Crippen LogP contribution is -2.07. The molecule has 0 saturated carbocycles. The molecular formula is C18H23N9. The fraction of sp³-hybridized carbons (Fsp3) is 0.389. The van der Waals surface area contributed by atoms with Gasteiger partial charge in [0.05, 0.1) is 18.1 Å². The molecule has 0 aliphatic heterocycles. The molecule has 27 heavy (non-hydrogen) atoms. The minimum Gasteiger partial charge on any atom is -0.348 e. The van der Waals surface area contributed by atoms with Gasteiger partial charge in [-0.1, -0.05) is 0 Å². The topological polar surface area (TPSA) is 106 Å². The first-order chi connectivity index (χ1) is 13.0. The smallest absolute Gasteiger partial charge is 0.185 e. The lowest BCUT2D eigenvalue weighted by molar-refractivity contribution is 0.519. The van der Waals surface area contributed by atoms with Gasteiger partial charge >= 0.3 is 0 Å². The number of hydrogen-bond donors (Lipinski definition) is 2. The predicted molar refractivity (Wildman–Crippen MR) is 101 cm³/mol. The lowest BCUT2D eigenvalue weighted by atomic mass is 10.2. The Labute approximate surface area is 156 Å². The number of nitrogens with one attached hydrogen (secondary N) is 2. The van der Waals surface area contributed by atoms with Crippen LogP contribution in [0.4, 0.5) is 0 Å². The first-order valence-electron chi connectivity index (χ1n) is 9.02. The summed E-state index contributed by atoms with van der Waals surface area (Å²) in [5.74, 6) is 1.41. The molecule has 0 fully saturated rings. The number of H-pyrrole nitrogens is 2. The van der Waals surface area contributed by atoms with Gasteiger partial charge < -0.3 is 4.98 Å². The van der Waals surface area contributed by atoms with Crippen LogP contribution in [0.25, 0.3) is 22.9 Å². The fourth-order valence-corrected chi connectivity index (χ4v) is 3.15. The summed E-state index contributed by atoms with van der Waals surface area (Å²) < 4.78 is 3.92. The number of aryl methyl sites for hydroxylation is 4. The number of imidazole rings is 1. The van der Waals surface area contributed by atoms with Crippen molar-refractivity contribution in [1.29, 1.82) is 0 Å². The van der Waals surface area contributed by atoms with Crippen molar-refractivity contribution in [3.05, 3.63) is 41.9 Å². The summed E-state index contributed by atoms with van der Waals surface area (Å²) in [5.41, 5.74) is 4.82. The summed E-state index contributed by atoms with van der Waals surface area (Å²) in [4.78, 5) is 12.0. The molecule has 4 heterocycles. The summed E-state index contributed by atoms with van der Waals surface area (Å²) in [7, 11) is 0. The van der Waals surface area contributed by atoms with Crippen LogP contribution in [0.1, 0.15) is 37.0 Å². The monoisotopic (exact) mass is 365 g/mol. The molecule has 9 nitrogen and oxygen atoms in total. The lowest BCUT2D eigenvalue weighted by Gasteiger charge is -2.07. The zero-order valence-corrected chi connectivity index (χ0v) is 15.9. The van der Waals surface area contributed by atoms with Crippen LogP contribution in [-0.2, 0) is 13.0 Å². The normalized spacial score (nSPS) is 11.6. The second-order valence-electron chi connectivity index (χ2n) is 6.93. The Morgan fingerprint density at radius 3 is 2.63 bits per heavy atom. The molecule has 4 rings (SSSR count). The molecule has 0 bridgehead atoms. The van der Waals surface area contributed by atoms with E-state index >= 15 is 0 Å². The van der Waals surface area contributed by atoms with E-state index in [1.165, 1.54) is 0 Å². The highest BCUT2D eigenvalue weighted by atomic mass is 15.4. The van der Waals surface area contributed by atoms with E-state index in [1.54, 1.807) is 12.5 Å². The van der Waals surface area contributed by atoms with Crippen LogP contribution < -0.4 is 0 Å². The number of nitrogens with zero attached hydrogens (tertiary/aromatic N) is 7.